The van der Waals surface area contributed by atoms with E-state index in [-0.39, 0.29) is 0 Å². The van der Waals surface area contributed by atoms with Gasteiger partial charge >= 0.3 is 0 Å². The van der Waals surface area contributed by atoms with E-state index in [1.54, 1.807) is 0 Å². The average Bonchev–Trinajstić information content (AvgIpc) is 2.14. The normalized spacial score (nSPS) is 37.9. The number of hydrogen-bond acceptors (Lipinski definition) is 2. The lowest BCUT2D eigenvalue weighted by Crippen LogP contribution is -2.62. The van der Waals surface area contributed by atoms with Crippen molar-refractivity contribution in [2.24, 2.45) is 11.3 Å². The molecule has 0 amide bonds. The lowest BCUT2D eigenvalue weighted by atomic mass is 9.76. The Balaban J connectivity index is 1.86. The molecule has 0 radical (unpaired) electrons. The maximum absolute atomic E-state index is 3.48. The van der Waals surface area contributed by atoms with Crippen molar-refractivity contribution in [2.45, 2.75) is 39.7 Å². The Hall–Kier alpha value is -0.0800. The molecule has 2 aliphatic heterocycles. The Kier molecular flexibility index (Phi) is 2.85. The summed E-state index contributed by atoms with van der Waals surface area (Å²) in [4.78, 5) is 2.70. The van der Waals surface area contributed by atoms with Gasteiger partial charge in [0.25, 0.3) is 0 Å². The Morgan fingerprint density at radius 2 is 2.14 bits per heavy atom. The molecule has 2 unspecified atom stereocenters. The molecule has 0 bridgehead atoms. The summed E-state index contributed by atoms with van der Waals surface area (Å²) in [7, 11) is 0. The van der Waals surface area contributed by atoms with Gasteiger partial charge in [-0.1, -0.05) is 20.8 Å². The highest BCUT2D eigenvalue weighted by atomic mass is 15.2. The largest absolute Gasteiger partial charge is 0.316 e. The van der Waals surface area contributed by atoms with Crippen molar-refractivity contribution in [1.82, 2.24) is 10.2 Å². The lowest BCUT2D eigenvalue weighted by molar-refractivity contribution is -0.0446. The second-order valence-electron chi connectivity index (χ2n) is 5.61. The summed E-state index contributed by atoms with van der Waals surface area (Å²) >= 11 is 0. The second-order valence-corrected chi connectivity index (χ2v) is 5.61. The second kappa shape index (κ2) is 3.82. The molecule has 2 saturated heterocycles. The van der Waals surface area contributed by atoms with Gasteiger partial charge in [-0.15, -0.1) is 0 Å². The quantitative estimate of drug-likeness (QED) is 0.723. The molecule has 2 rings (SSSR count). The highest BCUT2D eigenvalue weighted by Crippen LogP contribution is 2.37. The van der Waals surface area contributed by atoms with Crippen molar-refractivity contribution >= 4 is 0 Å². The van der Waals surface area contributed by atoms with E-state index in [2.05, 4.69) is 31.0 Å². The molecule has 2 heterocycles. The van der Waals surface area contributed by atoms with Gasteiger partial charge in [0.2, 0.25) is 0 Å². The van der Waals surface area contributed by atoms with Crippen LogP contribution < -0.4 is 5.32 Å². The van der Waals surface area contributed by atoms with Crippen LogP contribution in [-0.2, 0) is 0 Å². The van der Waals surface area contributed by atoms with Crippen molar-refractivity contribution in [2.75, 3.05) is 26.2 Å². The van der Waals surface area contributed by atoms with Crippen molar-refractivity contribution in [1.29, 1.82) is 0 Å². The van der Waals surface area contributed by atoms with Crippen molar-refractivity contribution in [3.63, 3.8) is 0 Å². The Morgan fingerprint density at radius 3 is 2.71 bits per heavy atom. The lowest BCUT2D eigenvalue weighted by Gasteiger charge is -2.54. The number of nitrogens with zero attached hydrogens (tertiary/aromatic N) is 1. The Bertz CT molecular complexity index is 196. The molecule has 0 aromatic heterocycles. The van der Waals surface area contributed by atoms with E-state index in [9.17, 15) is 0 Å². The van der Waals surface area contributed by atoms with E-state index in [1.165, 1.54) is 39.0 Å². The summed E-state index contributed by atoms with van der Waals surface area (Å²) in [6, 6.07) is 0.857. The number of likely N-dealkylation sites (tertiary alicyclic amines) is 1. The molecule has 82 valence electrons. The third-order valence-corrected chi connectivity index (χ3v) is 4.23. The first-order valence-corrected chi connectivity index (χ1v) is 6.09. The first kappa shape index (κ1) is 10.4. The minimum Gasteiger partial charge on any atom is -0.316 e. The van der Waals surface area contributed by atoms with E-state index in [4.69, 9.17) is 0 Å². The van der Waals surface area contributed by atoms with Crippen LogP contribution in [0.2, 0.25) is 0 Å². The molecule has 0 aromatic carbocycles. The summed E-state index contributed by atoms with van der Waals surface area (Å²) in [5.74, 6) is 0.838. The van der Waals surface area contributed by atoms with Gasteiger partial charge in [0, 0.05) is 19.1 Å². The summed E-state index contributed by atoms with van der Waals surface area (Å²) in [6.45, 7) is 12.2. The molecule has 0 aromatic rings. The maximum atomic E-state index is 3.48. The zero-order valence-electron chi connectivity index (χ0n) is 9.84. The fourth-order valence-corrected chi connectivity index (χ4v) is 2.94. The molecule has 2 nitrogen and oxygen atoms in total. The fraction of sp³-hybridized carbons (Fsp3) is 1.00. The van der Waals surface area contributed by atoms with Gasteiger partial charge in [-0.25, -0.2) is 0 Å². The van der Waals surface area contributed by atoms with Crippen LogP contribution in [0.4, 0.5) is 0 Å². The minimum absolute atomic E-state index is 0.630. The minimum atomic E-state index is 0.630. The van der Waals surface area contributed by atoms with Gasteiger partial charge in [-0.2, -0.15) is 0 Å². The summed E-state index contributed by atoms with van der Waals surface area (Å²) in [5.41, 5.74) is 0.630. The van der Waals surface area contributed by atoms with Gasteiger partial charge in [-0.3, -0.25) is 4.90 Å². The van der Waals surface area contributed by atoms with Gasteiger partial charge in [0.15, 0.2) is 0 Å². The van der Waals surface area contributed by atoms with E-state index in [1.807, 2.05) is 0 Å². The van der Waals surface area contributed by atoms with Gasteiger partial charge in [0.05, 0.1) is 0 Å². The standard InChI is InChI=1S/C12H24N2/c1-4-12(3)8-14(9-12)11-5-6-13-7-10(11)2/h10-11,13H,4-9H2,1-3H3. The molecule has 2 atom stereocenters. The van der Waals surface area contributed by atoms with E-state index in [0.29, 0.717) is 5.41 Å². The van der Waals surface area contributed by atoms with Crippen molar-refractivity contribution in [3.05, 3.63) is 0 Å². The Morgan fingerprint density at radius 1 is 1.43 bits per heavy atom. The van der Waals surface area contributed by atoms with Crippen LogP contribution in [-0.4, -0.2) is 37.1 Å². The highest BCUT2D eigenvalue weighted by Gasteiger charge is 2.42. The van der Waals surface area contributed by atoms with Gasteiger partial charge in [-0.05, 0) is 37.3 Å². The molecule has 0 aliphatic carbocycles. The van der Waals surface area contributed by atoms with E-state index < -0.39 is 0 Å². The smallest absolute Gasteiger partial charge is 0.0145 e. The maximum Gasteiger partial charge on any atom is 0.0145 e. The van der Waals surface area contributed by atoms with Gasteiger partial charge in [0.1, 0.15) is 0 Å². The van der Waals surface area contributed by atoms with Crippen molar-refractivity contribution in [3.8, 4) is 0 Å². The third kappa shape index (κ3) is 1.82. The zero-order chi connectivity index (χ0) is 10.2. The summed E-state index contributed by atoms with van der Waals surface area (Å²) < 4.78 is 0. The molecule has 2 heteroatoms. The van der Waals surface area contributed by atoms with Crippen LogP contribution in [0.25, 0.3) is 0 Å². The van der Waals surface area contributed by atoms with Crippen LogP contribution in [0.1, 0.15) is 33.6 Å². The average molecular weight is 196 g/mol. The third-order valence-electron chi connectivity index (χ3n) is 4.23. The zero-order valence-corrected chi connectivity index (χ0v) is 9.84. The number of hydrogen-bond donors (Lipinski definition) is 1. The molecule has 0 spiro atoms. The first-order chi connectivity index (χ1) is 6.64. The number of rotatable bonds is 2. The summed E-state index contributed by atoms with van der Waals surface area (Å²) in [5, 5.41) is 3.48. The predicted octanol–water partition coefficient (Wildman–Crippen LogP) is 1.72. The van der Waals surface area contributed by atoms with E-state index in [0.717, 1.165) is 12.0 Å². The molecular weight excluding hydrogens is 172 g/mol. The van der Waals surface area contributed by atoms with Crippen LogP contribution in [0, 0.1) is 11.3 Å². The van der Waals surface area contributed by atoms with Crippen LogP contribution in [0.5, 0.6) is 0 Å². The molecule has 0 saturated carbocycles. The summed E-state index contributed by atoms with van der Waals surface area (Å²) in [6.07, 6.45) is 2.68. The predicted molar refractivity (Wildman–Crippen MR) is 60.4 cm³/mol. The molecule has 1 N–H and O–H groups in total. The van der Waals surface area contributed by atoms with Crippen LogP contribution in [0.15, 0.2) is 0 Å². The topological polar surface area (TPSA) is 15.3 Å². The fourth-order valence-electron chi connectivity index (χ4n) is 2.94. The van der Waals surface area contributed by atoms with Crippen molar-refractivity contribution < 1.29 is 0 Å². The molecule has 14 heavy (non-hydrogen) atoms. The van der Waals surface area contributed by atoms with Crippen LogP contribution >= 0.6 is 0 Å². The number of piperidine rings is 1. The highest BCUT2D eigenvalue weighted by molar-refractivity contribution is 4.96. The SMILES string of the molecule is CCC1(C)CN(C2CCNCC2C)C1. The van der Waals surface area contributed by atoms with Gasteiger partial charge < -0.3 is 5.32 Å². The first-order valence-electron chi connectivity index (χ1n) is 6.09. The monoisotopic (exact) mass is 196 g/mol. The molecule has 2 fully saturated rings. The van der Waals surface area contributed by atoms with E-state index >= 15 is 0 Å². The molecular formula is C12H24N2. The number of nitrogens with one attached hydrogen (secondary N) is 1. The Labute approximate surface area is 88.1 Å². The molecule has 2 aliphatic rings. The van der Waals surface area contributed by atoms with Crippen LogP contribution in [0.3, 0.4) is 0 Å².